The smallest absolute Gasteiger partial charge is 0.381 e. The van der Waals surface area contributed by atoms with Gasteiger partial charge < -0.3 is 10.1 Å². The van der Waals surface area contributed by atoms with Gasteiger partial charge in [0, 0.05) is 42.1 Å². The summed E-state index contributed by atoms with van der Waals surface area (Å²) in [5.74, 6) is 0. The van der Waals surface area contributed by atoms with Crippen LogP contribution in [-0.4, -0.2) is 50.2 Å². The van der Waals surface area contributed by atoms with Crippen LogP contribution < -0.4 is 5.32 Å². The first-order chi connectivity index (χ1) is 17.1. The summed E-state index contributed by atoms with van der Waals surface area (Å²) < 4.78 is 48.0. The summed E-state index contributed by atoms with van der Waals surface area (Å²) in [6.45, 7) is 7.58. The van der Waals surface area contributed by atoms with Gasteiger partial charge in [-0.3, -0.25) is 5.10 Å². The molecule has 1 fully saturated rings. The number of hydrogen-bond acceptors (Lipinski definition) is 5. The molecule has 0 bridgehead atoms. The van der Waals surface area contributed by atoms with Gasteiger partial charge in [-0.1, -0.05) is 24.3 Å². The number of halogens is 3. The quantitative estimate of drug-likeness (QED) is 0.382. The molecule has 2 N–H and O–H groups in total. The van der Waals surface area contributed by atoms with Crippen LogP contribution in [0.1, 0.15) is 43.4 Å². The third-order valence-electron chi connectivity index (χ3n) is 6.76. The summed E-state index contributed by atoms with van der Waals surface area (Å²) in [5, 5.41) is 15.0. The van der Waals surface area contributed by atoms with E-state index in [0.29, 0.717) is 28.5 Å². The Kier molecular flexibility index (Phi) is 6.34. The molecule has 1 aliphatic rings. The topological polar surface area (TPSA) is 80.1 Å². The van der Waals surface area contributed by atoms with Crippen LogP contribution in [0.25, 0.3) is 28.2 Å². The van der Waals surface area contributed by atoms with Gasteiger partial charge in [0.2, 0.25) is 0 Å². The zero-order chi connectivity index (χ0) is 25.5. The predicted octanol–water partition coefficient (Wildman–Crippen LogP) is 5.20. The first-order valence-corrected chi connectivity index (χ1v) is 12.0. The molecule has 4 aromatic rings. The number of aryl methyl sites for hydroxylation is 1. The van der Waals surface area contributed by atoms with Crippen LogP contribution in [0.15, 0.2) is 42.9 Å². The fraction of sp³-hybridized carbons (Fsp3) is 0.423. The van der Waals surface area contributed by atoms with Crippen molar-refractivity contribution in [2.45, 2.75) is 57.8 Å². The van der Waals surface area contributed by atoms with Gasteiger partial charge in [-0.2, -0.15) is 23.4 Å². The van der Waals surface area contributed by atoms with Gasteiger partial charge in [0.1, 0.15) is 6.33 Å². The molecule has 190 valence electrons. The Labute approximate surface area is 207 Å². The molecular formula is C26H29F3N6O. The molecule has 0 radical (unpaired) electrons. The second-order valence-electron chi connectivity index (χ2n) is 9.89. The Bertz CT molecular complexity index is 1350. The fourth-order valence-corrected chi connectivity index (χ4v) is 4.93. The zero-order valence-corrected chi connectivity index (χ0v) is 20.5. The minimum absolute atomic E-state index is 0.105. The number of H-pyrrole nitrogens is 1. The van der Waals surface area contributed by atoms with E-state index < -0.39 is 12.6 Å². The van der Waals surface area contributed by atoms with Gasteiger partial charge in [-0.15, -0.1) is 0 Å². The Morgan fingerprint density at radius 1 is 1.11 bits per heavy atom. The fourth-order valence-electron chi connectivity index (χ4n) is 4.93. The molecule has 10 heteroatoms. The zero-order valence-electron chi connectivity index (χ0n) is 20.5. The number of nitrogens with zero attached hydrogens (tertiary/aromatic N) is 4. The molecule has 7 nitrogen and oxygen atoms in total. The largest absolute Gasteiger partial charge is 0.393 e. The summed E-state index contributed by atoms with van der Waals surface area (Å²) in [7, 11) is 0. The molecular weight excluding hydrogens is 469 g/mol. The van der Waals surface area contributed by atoms with Gasteiger partial charge in [0.25, 0.3) is 0 Å². The summed E-state index contributed by atoms with van der Waals surface area (Å²) in [6, 6.07) is 9.79. The number of nitrogens with one attached hydrogen (secondary N) is 2. The van der Waals surface area contributed by atoms with Crippen molar-refractivity contribution in [1.82, 2.24) is 30.1 Å². The summed E-state index contributed by atoms with van der Waals surface area (Å²) >= 11 is 0. The minimum Gasteiger partial charge on any atom is -0.381 e. The maximum absolute atomic E-state index is 13.6. The number of fused-ring (bicyclic) bond motifs is 1. The lowest BCUT2D eigenvalue weighted by Crippen LogP contribution is -2.46. The van der Waals surface area contributed by atoms with E-state index >= 15 is 0 Å². The van der Waals surface area contributed by atoms with Gasteiger partial charge in [0.05, 0.1) is 17.8 Å². The lowest BCUT2D eigenvalue weighted by atomic mass is 9.90. The molecule has 0 amide bonds. The van der Waals surface area contributed by atoms with Crippen LogP contribution in [0.4, 0.5) is 13.2 Å². The molecule has 0 atom stereocenters. The van der Waals surface area contributed by atoms with E-state index in [2.05, 4.69) is 39.4 Å². The maximum atomic E-state index is 13.6. The monoisotopic (exact) mass is 498 g/mol. The highest BCUT2D eigenvalue weighted by molar-refractivity contribution is 5.75. The summed E-state index contributed by atoms with van der Waals surface area (Å²) in [4.78, 5) is 4.18. The molecule has 1 aromatic carbocycles. The number of pyridine rings is 1. The summed E-state index contributed by atoms with van der Waals surface area (Å²) in [6.07, 6.45) is -0.504. The third-order valence-corrected chi connectivity index (χ3v) is 6.76. The number of benzene rings is 1. The van der Waals surface area contributed by atoms with Crippen molar-refractivity contribution in [3.8, 4) is 22.5 Å². The van der Waals surface area contributed by atoms with Crippen molar-refractivity contribution in [3.05, 3.63) is 59.5 Å². The average Bonchev–Trinajstić information content (AvgIpc) is 3.46. The lowest BCUT2D eigenvalue weighted by molar-refractivity contribution is -0.127. The van der Waals surface area contributed by atoms with E-state index in [0.717, 1.165) is 37.2 Å². The van der Waals surface area contributed by atoms with E-state index in [1.165, 1.54) is 6.33 Å². The van der Waals surface area contributed by atoms with Gasteiger partial charge in [0.15, 0.2) is 5.65 Å². The molecule has 36 heavy (non-hydrogen) atoms. The number of alkyl halides is 3. The maximum Gasteiger partial charge on any atom is 0.393 e. The molecule has 4 heterocycles. The van der Waals surface area contributed by atoms with Crippen LogP contribution in [0.5, 0.6) is 0 Å². The standard InChI is InChI=1S/C26H29F3N6O/c1-16-12-18(14-35-24(16)30-15-31-35)23-21(13-26(27,28)29)22(33-34-23)17-4-6-19(7-5-17)25(2,3)32-20-8-10-36-11-9-20/h4-7,12,14-15,20,32H,8-11,13H2,1-3H3,(H,33,34). The van der Waals surface area contributed by atoms with Crippen LogP contribution in [0.3, 0.4) is 0 Å². The van der Waals surface area contributed by atoms with Crippen molar-refractivity contribution in [2.24, 2.45) is 0 Å². The van der Waals surface area contributed by atoms with Gasteiger partial charge >= 0.3 is 6.18 Å². The lowest BCUT2D eigenvalue weighted by Gasteiger charge is -2.34. The molecule has 0 saturated carbocycles. The number of aromatic amines is 1. The van der Waals surface area contributed by atoms with E-state index in [1.54, 1.807) is 16.8 Å². The Balaban J connectivity index is 1.49. The van der Waals surface area contributed by atoms with Gasteiger partial charge in [-0.05, 0) is 56.4 Å². The van der Waals surface area contributed by atoms with Crippen LogP contribution in [-0.2, 0) is 16.7 Å². The minimum atomic E-state index is -4.39. The van der Waals surface area contributed by atoms with Crippen LogP contribution >= 0.6 is 0 Å². The number of rotatable bonds is 6. The highest BCUT2D eigenvalue weighted by atomic mass is 19.4. The molecule has 0 unspecified atom stereocenters. The van der Waals surface area contributed by atoms with Crippen molar-refractivity contribution in [2.75, 3.05) is 13.2 Å². The van der Waals surface area contributed by atoms with Crippen molar-refractivity contribution in [3.63, 3.8) is 0 Å². The number of aromatic nitrogens is 5. The first kappa shape index (κ1) is 24.5. The second kappa shape index (κ2) is 9.33. The molecule has 0 aliphatic carbocycles. The van der Waals surface area contributed by atoms with E-state index in [-0.39, 0.29) is 16.8 Å². The van der Waals surface area contributed by atoms with E-state index in [1.807, 2.05) is 31.2 Å². The van der Waals surface area contributed by atoms with E-state index in [9.17, 15) is 13.2 Å². The molecule has 5 rings (SSSR count). The predicted molar refractivity (Wildman–Crippen MR) is 131 cm³/mol. The van der Waals surface area contributed by atoms with Crippen LogP contribution in [0.2, 0.25) is 0 Å². The van der Waals surface area contributed by atoms with Crippen molar-refractivity contribution >= 4 is 5.65 Å². The Morgan fingerprint density at radius 2 is 1.83 bits per heavy atom. The summed E-state index contributed by atoms with van der Waals surface area (Å²) in [5.41, 5.74) is 4.14. The van der Waals surface area contributed by atoms with Crippen molar-refractivity contribution in [1.29, 1.82) is 0 Å². The first-order valence-electron chi connectivity index (χ1n) is 12.0. The Hall–Kier alpha value is -3.24. The van der Waals surface area contributed by atoms with E-state index in [4.69, 9.17) is 4.74 Å². The van der Waals surface area contributed by atoms with Gasteiger partial charge in [-0.25, -0.2) is 9.50 Å². The number of ether oxygens (including phenoxy) is 1. The molecule has 0 spiro atoms. The molecule has 1 aliphatic heterocycles. The second-order valence-corrected chi connectivity index (χ2v) is 9.89. The highest BCUT2D eigenvalue weighted by Crippen LogP contribution is 2.36. The third kappa shape index (κ3) is 5.01. The van der Waals surface area contributed by atoms with Crippen molar-refractivity contribution < 1.29 is 17.9 Å². The highest BCUT2D eigenvalue weighted by Gasteiger charge is 2.33. The van der Waals surface area contributed by atoms with Crippen LogP contribution in [0, 0.1) is 6.92 Å². The Morgan fingerprint density at radius 3 is 2.53 bits per heavy atom. The SMILES string of the molecule is Cc1cc(-c2n[nH]c(-c3ccc(C(C)(C)NC4CCOCC4)cc3)c2CC(F)(F)F)cn2ncnc12. The average molecular weight is 499 g/mol. The normalized spacial score (nSPS) is 15.6. The molecule has 1 saturated heterocycles. The number of hydrogen-bond donors (Lipinski definition) is 2. The molecule has 3 aromatic heterocycles.